The number of sulfone groups is 1. The summed E-state index contributed by atoms with van der Waals surface area (Å²) in [7, 11) is -3.66. The Bertz CT molecular complexity index is 1290. The van der Waals surface area contributed by atoms with Crippen LogP contribution in [-0.2, 0) is 25.8 Å². The number of hydrogen-bond acceptors (Lipinski definition) is 6. The van der Waals surface area contributed by atoms with Crippen molar-refractivity contribution in [1.29, 1.82) is 0 Å². The van der Waals surface area contributed by atoms with Gasteiger partial charge in [0.2, 0.25) is 11.8 Å². The molecule has 8 nitrogen and oxygen atoms in total. The second-order valence-corrected chi connectivity index (χ2v) is 10.1. The van der Waals surface area contributed by atoms with Gasteiger partial charge >= 0.3 is 0 Å². The first-order valence-electron chi connectivity index (χ1n) is 10.8. The Morgan fingerprint density at radius 1 is 1.18 bits per heavy atom. The highest BCUT2D eigenvalue weighted by atomic mass is 32.2. The fourth-order valence-electron chi connectivity index (χ4n) is 4.03. The third-order valence-electron chi connectivity index (χ3n) is 5.66. The van der Waals surface area contributed by atoms with Gasteiger partial charge in [0.15, 0.2) is 15.6 Å². The Kier molecular flexibility index (Phi) is 6.33. The van der Waals surface area contributed by atoms with Crippen LogP contribution in [0.1, 0.15) is 32.3 Å². The molecule has 1 aliphatic heterocycles. The van der Waals surface area contributed by atoms with E-state index >= 15 is 0 Å². The van der Waals surface area contributed by atoms with Crippen molar-refractivity contribution < 1.29 is 22.5 Å². The first-order valence-corrected chi connectivity index (χ1v) is 12.4. The second kappa shape index (κ2) is 9.19. The maximum atomic E-state index is 12.9. The molecular formula is C24H25N3O5S. The average Bonchev–Trinajstić information content (AvgIpc) is 3.44. The third-order valence-corrected chi connectivity index (χ3v) is 7.38. The zero-order chi connectivity index (χ0) is 23.6. The van der Waals surface area contributed by atoms with Crippen LogP contribution in [0.25, 0.3) is 11.3 Å². The highest BCUT2D eigenvalue weighted by molar-refractivity contribution is 7.91. The summed E-state index contributed by atoms with van der Waals surface area (Å²) >= 11 is 0. The topological polar surface area (TPSA) is 110 Å². The van der Waals surface area contributed by atoms with Gasteiger partial charge in [0.25, 0.3) is 0 Å². The SMILES string of the molecule is CCC(=O)N1c2ccc(S(=O)(=O)CCC(=O)Nc3cccc(-c4ccno4)c3)cc2CC1C. The average molecular weight is 468 g/mol. The van der Waals surface area contributed by atoms with E-state index in [4.69, 9.17) is 4.52 Å². The number of anilines is 2. The molecule has 0 radical (unpaired) electrons. The molecule has 2 heterocycles. The van der Waals surface area contributed by atoms with Gasteiger partial charge in [-0.1, -0.05) is 24.2 Å². The Hall–Kier alpha value is -3.46. The maximum absolute atomic E-state index is 12.9. The lowest BCUT2D eigenvalue weighted by Crippen LogP contribution is -2.35. The van der Waals surface area contributed by atoms with E-state index in [2.05, 4.69) is 10.5 Å². The molecular weight excluding hydrogens is 442 g/mol. The van der Waals surface area contributed by atoms with Crippen LogP contribution in [0.4, 0.5) is 11.4 Å². The molecule has 0 spiro atoms. The summed E-state index contributed by atoms with van der Waals surface area (Å²) in [4.78, 5) is 26.5. The second-order valence-electron chi connectivity index (χ2n) is 8.04. The first kappa shape index (κ1) is 22.7. The quantitative estimate of drug-likeness (QED) is 0.566. The standard InChI is InChI=1S/C24H25N3O5S/c1-3-24(29)27-16(2)13-18-15-20(7-8-21(18)27)33(30,31)12-10-23(28)26-19-6-4-5-17(14-19)22-9-11-25-32-22/h4-9,11,14-16H,3,10,12-13H2,1-2H3,(H,26,28). The molecule has 9 heteroatoms. The molecule has 2 amide bonds. The molecule has 0 fully saturated rings. The van der Waals surface area contributed by atoms with Crippen molar-refractivity contribution in [1.82, 2.24) is 5.16 Å². The van der Waals surface area contributed by atoms with E-state index in [0.29, 0.717) is 24.3 Å². The molecule has 1 unspecified atom stereocenters. The Balaban J connectivity index is 1.42. The van der Waals surface area contributed by atoms with E-state index in [1.807, 2.05) is 13.0 Å². The summed E-state index contributed by atoms with van der Waals surface area (Å²) in [6.45, 7) is 3.75. The minimum absolute atomic E-state index is 0.0103. The summed E-state index contributed by atoms with van der Waals surface area (Å²) in [5.41, 5.74) is 2.89. The summed E-state index contributed by atoms with van der Waals surface area (Å²) < 4.78 is 30.9. The third kappa shape index (κ3) is 4.83. The van der Waals surface area contributed by atoms with Crippen molar-refractivity contribution in [2.45, 2.75) is 44.0 Å². The number of amides is 2. The van der Waals surface area contributed by atoms with Gasteiger partial charge in [0, 0.05) is 41.9 Å². The van der Waals surface area contributed by atoms with Crippen LogP contribution in [0.2, 0.25) is 0 Å². The molecule has 0 aliphatic carbocycles. The predicted molar refractivity (Wildman–Crippen MR) is 125 cm³/mol. The molecule has 2 aromatic carbocycles. The van der Waals surface area contributed by atoms with E-state index in [0.717, 1.165) is 16.8 Å². The number of carbonyl (C=O) groups is 2. The number of benzene rings is 2. The maximum Gasteiger partial charge on any atom is 0.226 e. The highest BCUT2D eigenvalue weighted by Crippen LogP contribution is 2.34. The van der Waals surface area contributed by atoms with Gasteiger partial charge in [0.05, 0.1) is 16.8 Å². The number of nitrogens with zero attached hydrogens (tertiary/aromatic N) is 2. The number of rotatable bonds is 7. The van der Waals surface area contributed by atoms with Crippen LogP contribution >= 0.6 is 0 Å². The molecule has 0 bridgehead atoms. The number of nitrogens with one attached hydrogen (secondary N) is 1. The Labute approximate surface area is 192 Å². The summed E-state index contributed by atoms with van der Waals surface area (Å²) in [5, 5.41) is 6.40. The van der Waals surface area contributed by atoms with Gasteiger partial charge in [-0.05, 0) is 49.2 Å². The van der Waals surface area contributed by atoms with Crippen LogP contribution in [0.5, 0.6) is 0 Å². The van der Waals surface area contributed by atoms with Crippen LogP contribution in [0.15, 0.2) is 64.1 Å². The Morgan fingerprint density at radius 3 is 2.73 bits per heavy atom. The smallest absolute Gasteiger partial charge is 0.226 e. The van der Waals surface area contributed by atoms with Gasteiger partial charge < -0.3 is 14.7 Å². The van der Waals surface area contributed by atoms with Crippen LogP contribution in [0, 0.1) is 0 Å². The zero-order valence-corrected chi connectivity index (χ0v) is 19.3. The largest absolute Gasteiger partial charge is 0.356 e. The molecule has 1 N–H and O–H groups in total. The van der Waals surface area contributed by atoms with Crippen molar-refractivity contribution >= 4 is 33.0 Å². The molecule has 1 aliphatic rings. The van der Waals surface area contributed by atoms with Crippen LogP contribution in [-0.4, -0.2) is 37.2 Å². The number of aromatic nitrogens is 1. The molecule has 1 aromatic heterocycles. The summed E-state index contributed by atoms with van der Waals surface area (Å²) in [6.07, 6.45) is 2.35. The minimum atomic E-state index is -3.66. The van der Waals surface area contributed by atoms with E-state index in [9.17, 15) is 18.0 Å². The van der Waals surface area contributed by atoms with Gasteiger partial charge in [-0.3, -0.25) is 9.59 Å². The van der Waals surface area contributed by atoms with Crippen LogP contribution in [0.3, 0.4) is 0 Å². The predicted octanol–water partition coefficient (Wildman–Crippen LogP) is 3.83. The fraction of sp³-hybridized carbons (Fsp3) is 0.292. The molecule has 33 heavy (non-hydrogen) atoms. The van der Waals surface area contributed by atoms with Crippen molar-refractivity contribution in [3.63, 3.8) is 0 Å². The summed E-state index contributed by atoms with van der Waals surface area (Å²) in [5.74, 6) is -0.130. The van der Waals surface area contributed by atoms with Crippen molar-refractivity contribution in [3.8, 4) is 11.3 Å². The molecule has 3 aromatic rings. The lowest BCUT2D eigenvalue weighted by atomic mass is 10.1. The van der Waals surface area contributed by atoms with Gasteiger partial charge in [-0.15, -0.1) is 0 Å². The molecule has 4 rings (SSSR count). The normalized spacial score (nSPS) is 15.3. The molecule has 172 valence electrons. The minimum Gasteiger partial charge on any atom is -0.356 e. The van der Waals surface area contributed by atoms with Crippen molar-refractivity contribution in [2.75, 3.05) is 16.0 Å². The molecule has 0 saturated carbocycles. The van der Waals surface area contributed by atoms with Gasteiger partial charge in [0.1, 0.15) is 0 Å². The lowest BCUT2D eigenvalue weighted by Gasteiger charge is -2.22. The van der Waals surface area contributed by atoms with Gasteiger partial charge in [-0.2, -0.15) is 0 Å². The van der Waals surface area contributed by atoms with E-state index in [-0.39, 0.29) is 29.0 Å². The highest BCUT2D eigenvalue weighted by Gasteiger charge is 2.31. The first-order chi connectivity index (χ1) is 15.8. The fourth-order valence-corrected chi connectivity index (χ4v) is 5.32. The lowest BCUT2D eigenvalue weighted by molar-refractivity contribution is -0.118. The van der Waals surface area contributed by atoms with Crippen molar-refractivity contribution in [3.05, 3.63) is 60.3 Å². The Morgan fingerprint density at radius 2 is 2.00 bits per heavy atom. The van der Waals surface area contributed by atoms with E-state index < -0.39 is 15.7 Å². The van der Waals surface area contributed by atoms with E-state index in [1.54, 1.807) is 48.2 Å². The van der Waals surface area contributed by atoms with Crippen molar-refractivity contribution in [2.24, 2.45) is 0 Å². The molecule has 1 atom stereocenters. The zero-order valence-electron chi connectivity index (χ0n) is 18.4. The van der Waals surface area contributed by atoms with Gasteiger partial charge in [-0.25, -0.2) is 8.42 Å². The van der Waals surface area contributed by atoms with E-state index in [1.165, 1.54) is 12.3 Å². The number of fused-ring (bicyclic) bond motifs is 1. The number of carbonyl (C=O) groups excluding carboxylic acids is 2. The molecule has 0 saturated heterocycles. The van der Waals surface area contributed by atoms with Crippen LogP contribution < -0.4 is 10.2 Å². The monoisotopic (exact) mass is 467 g/mol. The summed E-state index contributed by atoms with van der Waals surface area (Å²) in [6, 6.07) is 13.6. The number of hydrogen-bond donors (Lipinski definition) is 1.